The molecular formula is C15H22N2O2. The van der Waals surface area contributed by atoms with Gasteiger partial charge in [0.05, 0.1) is 6.42 Å². The van der Waals surface area contributed by atoms with Crippen molar-refractivity contribution in [3.8, 4) is 5.75 Å². The van der Waals surface area contributed by atoms with Gasteiger partial charge in [0.2, 0.25) is 5.91 Å². The summed E-state index contributed by atoms with van der Waals surface area (Å²) in [4.78, 5) is 11.8. The zero-order chi connectivity index (χ0) is 13.7. The Labute approximate surface area is 114 Å². The van der Waals surface area contributed by atoms with E-state index in [4.69, 9.17) is 0 Å². The molecule has 1 saturated heterocycles. The van der Waals surface area contributed by atoms with Gasteiger partial charge in [0.25, 0.3) is 0 Å². The second kappa shape index (κ2) is 6.57. The number of nitrogens with one attached hydrogen (secondary N) is 2. The molecule has 3 N–H and O–H groups in total. The van der Waals surface area contributed by atoms with E-state index in [0.29, 0.717) is 25.0 Å². The molecule has 104 valence electrons. The molecule has 1 aliphatic heterocycles. The third kappa shape index (κ3) is 4.56. The van der Waals surface area contributed by atoms with Crippen molar-refractivity contribution in [1.29, 1.82) is 0 Å². The highest BCUT2D eigenvalue weighted by molar-refractivity contribution is 5.78. The number of hydrogen-bond acceptors (Lipinski definition) is 3. The van der Waals surface area contributed by atoms with Crippen LogP contribution < -0.4 is 10.6 Å². The summed E-state index contributed by atoms with van der Waals surface area (Å²) >= 11 is 0. The molecule has 1 amide bonds. The van der Waals surface area contributed by atoms with Gasteiger partial charge >= 0.3 is 0 Å². The highest BCUT2D eigenvalue weighted by atomic mass is 16.3. The van der Waals surface area contributed by atoms with E-state index in [0.717, 1.165) is 12.0 Å². The standard InChI is InChI=1S/C15H22N2O2/c1-11-4-2-6-13(17-11)10-16-15(19)9-12-5-3-7-14(18)8-12/h3,5,7-8,11,13,17-18H,2,4,6,9-10H2,1H3,(H,16,19). The molecule has 0 radical (unpaired) electrons. The smallest absolute Gasteiger partial charge is 0.224 e. The van der Waals surface area contributed by atoms with Crippen LogP contribution in [0.3, 0.4) is 0 Å². The molecule has 0 saturated carbocycles. The van der Waals surface area contributed by atoms with Crippen molar-refractivity contribution in [2.24, 2.45) is 0 Å². The maximum absolute atomic E-state index is 11.8. The summed E-state index contributed by atoms with van der Waals surface area (Å²) in [6.07, 6.45) is 3.88. The predicted molar refractivity (Wildman–Crippen MR) is 75.1 cm³/mol. The molecule has 0 bridgehead atoms. The summed E-state index contributed by atoms with van der Waals surface area (Å²) in [5, 5.41) is 15.8. The first-order valence-corrected chi connectivity index (χ1v) is 6.94. The minimum absolute atomic E-state index is 0.00521. The number of carbonyl (C=O) groups is 1. The third-order valence-electron chi connectivity index (χ3n) is 3.53. The Morgan fingerprint density at radius 1 is 1.47 bits per heavy atom. The molecular weight excluding hydrogens is 240 g/mol. The summed E-state index contributed by atoms with van der Waals surface area (Å²) in [6, 6.07) is 7.76. The van der Waals surface area contributed by atoms with Crippen molar-refractivity contribution >= 4 is 5.91 Å². The zero-order valence-electron chi connectivity index (χ0n) is 11.4. The van der Waals surface area contributed by atoms with E-state index in [2.05, 4.69) is 17.6 Å². The maximum Gasteiger partial charge on any atom is 0.224 e. The van der Waals surface area contributed by atoms with Crippen molar-refractivity contribution < 1.29 is 9.90 Å². The molecule has 0 spiro atoms. The van der Waals surface area contributed by atoms with Crippen LogP contribution in [-0.2, 0) is 11.2 Å². The SMILES string of the molecule is CC1CCCC(CNC(=O)Cc2cccc(O)c2)N1. The average Bonchev–Trinajstić information content (AvgIpc) is 2.36. The summed E-state index contributed by atoms with van der Waals surface area (Å²) in [6.45, 7) is 2.86. The van der Waals surface area contributed by atoms with E-state index < -0.39 is 0 Å². The monoisotopic (exact) mass is 262 g/mol. The Bertz CT molecular complexity index is 434. The lowest BCUT2D eigenvalue weighted by Crippen LogP contribution is -2.47. The fraction of sp³-hybridized carbons (Fsp3) is 0.533. The van der Waals surface area contributed by atoms with Gasteiger partial charge in [0.15, 0.2) is 0 Å². The van der Waals surface area contributed by atoms with Gasteiger partial charge in [0, 0.05) is 18.6 Å². The Morgan fingerprint density at radius 3 is 3.05 bits per heavy atom. The molecule has 1 fully saturated rings. The topological polar surface area (TPSA) is 61.4 Å². The van der Waals surface area contributed by atoms with Gasteiger partial charge in [-0.2, -0.15) is 0 Å². The summed E-state index contributed by atoms with van der Waals surface area (Å²) < 4.78 is 0. The van der Waals surface area contributed by atoms with E-state index in [9.17, 15) is 9.90 Å². The number of carbonyl (C=O) groups excluding carboxylic acids is 1. The number of phenolic OH excluding ortho intramolecular Hbond substituents is 1. The molecule has 4 heteroatoms. The molecule has 0 aromatic heterocycles. The first-order chi connectivity index (χ1) is 9.13. The van der Waals surface area contributed by atoms with Crippen LogP contribution in [0.25, 0.3) is 0 Å². The van der Waals surface area contributed by atoms with E-state index in [1.54, 1.807) is 18.2 Å². The van der Waals surface area contributed by atoms with Crippen molar-refractivity contribution in [2.75, 3.05) is 6.54 Å². The molecule has 1 aromatic carbocycles. The Hall–Kier alpha value is -1.55. The second-order valence-corrected chi connectivity index (χ2v) is 5.35. The van der Waals surface area contributed by atoms with Gasteiger partial charge in [0.1, 0.15) is 5.75 Å². The summed E-state index contributed by atoms with van der Waals surface area (Å²) in [7, 11) is 0. The van der Waals surface area contributed by atoms with Crippen LogP contribution in [0.4, 0.5) is 0 Å². The zero-order valence-corrected chi connectivity index (χ0v) is 11.4. The first kappa shape index (κ1) is 13.9. The molecule has 0 aliphatic carbocycles. The van der Waals surface area contributed by atoms with E-state index in [1.807, 2.05) is 6.07 Å². The van der Waals surface area contributed by atoms with Crippen LogP contribution in [0.5, 0.6) is 5.75 Å². The average molecular weight is 262 g/mol. The minimum Gasteiger partial charge on any atom is -0.508 e. The van der Waals surface area contributed by atoms with E-state index in [-0.39, 0.29) is 11.7 Å². The molecule has 2 rings (SSSR count). The van der Waals surface area contributed by atoms with Gasteiger partial charge in [-0.15, -0.1) is 0 Å². The summed E-state index contributed by atoms with van der Waals surface area (Å²) in [5.41, 5.74) is 0.836. The number of aromatic hydroxyl groups is 1. The normalized spacial score (nSPS) is 23.0. The maximum atomic E-state index is 11.8. The fourth-order valence-electron chi connectivity index (χ4n) is 2.55. The lowest BCUT2D eigenvalue weighted by atomic mass is 9.99. The number of piperidine rings is 1. The summed E-state index contributed by atoms with van der Waals surface area (Å²) in [5.74, 6) is 0.207. The van der Waals surface area contributed by atoms with Crippen LogP contribution in [0, 0.1) is 0 Å². The lowest BCUT2D eigenvalue weighted by molar-refractivity contribution is -0.120. The molecule has 1 aromatic rings. The predicted octanol–water partition coefficient (Wildman–Crippen LogP) is 1.58. The number of phenols is 1. The number of hydrogen-bond donors (Lipinski definition) is 3. The number of amides is 1. The quantitative estimate of drug-likeness (QED) is 0.772. The van der Waals surface area contributed by atoms with Gasteiger partial charge in [-0.1, -0.05) is 18.6 Å². The van der Waals surface area contributed by atoms with Crippen molar-refractivity contribution in [1.82, 2.24) is 10.6 Å². The van der Waals surface area contributed by atoms with Crippen LogP contribution in [-0.4, -0.2) is 29.6 Å². The highest BCUT2D eigenvalue weighted by Gasteiger charge is 2.18. The van der Waals surface area contributed by atoms with Gasteiger partial charge < -0.3 is 15.7 Å². The number of benzene rings is 1. The minimum atomic E-state index is 0.00521. The van der Waals surface area contributed by atoms with E-state index in [1.165, 1.54) is 12.8 Å². The van der Waals surface area contributed by atoms with E-state index >= 15 is 0 Å². The Balaban J connectivity index is 1.75. The largest absolute Gasteiger partial charge is 0.508 e. The first-order valence-electron chi connectivity index (χ1n) is 6.94. The van der Waals surface area contributed by atoms with Crippen LogP contribution in [0.15, 0.2) is 24.3 Å². The number of rotatable bonds is 4. The second-order valence-electron chi connectivity index (χ2n) is 5.35. The highest BCUT2D eigenvalue weighted by Crippen LogP contribution is 2.12. The molecule has 1 heterocycles. The van der Waals surface area contributed by atoms with Crippen LogP contribution in [0.1, 0.15) is 31.7 Å². The molecule has 19 heavy (non-hydrogen) atoms. The lowest BCUT2D eigenvalue weighted by Gasteiger charge is -2.28. The van der Waals surface area contributed by atoms with Crippen molar-refractivity contribution in [3.05, 3.63) is 29.8 Å². The molecule has 2 atom stereocenters. The Kier molecular flexibility index (Phi) is 4.80. The molecule has 1 aliphatic rings. The van der Waals surface area contributed by atoms with Gasteiger partial charge in [-0.3, -0.25) is 4.79 Å². The van der Waals surface area contributed by atoms with Gasteiger partial charge in [-0.05, 0) is 37.5 Å². The Morgan fingerprint density at radius 2 is 2.32 bits per heavy atom. The molecule has 2 unspecified atom stereocenters. The van der Waals surface area contributed by atoms with Crippen LogP contribution >= 0.6 is 0 Å². The van der Waals surface area contributed by atoms with Crippen LogP contribution in [0.2, 0.25) is 0 Å². The van der Waals surface area contributed by atoms with Crippen molar-refractivity contribution in [2.45, 2.75) is 44.7 Å². The van der Waals surface area contributed by atoms with Crippen molar-refractivity contribution in [3.63, 3.8) is 0 Å². The fourth-order valence-corrected chi connectivity index (χ4v) is 2.55. The third-order valence-corrected chi connectivity index (χ3v) is 3.53. The van der Waals surface area contributed by atoms with Gasteiger partial charge in [-0.25, -0.2) is 0 Å². The molecule has 4 nitrogen and oxygen atoms in total.